The van der Waals surface area contributed by atoms with Gasteiger partial charge in [0.05, 0.1) is 0 Å². The van der Waals surface area contributed by atoms with E-state index in [1.807, 2.05) is 0 Å². The van der Waals surface area contributed by atoms with Gasteiger partial charge in [-0.1, -0.05) is 22.4 Å². The van der Waals surface area contributed by atoms with Gasteiger partial charge in [0.2, 0.25) is 0 Å². The van der Waals surface area contributed by atoms with Crippen molar-refractivity contribution in [3.8, 4) is 0 Å². The first-order chi connectivity index (χ1) is 7.88. The molecule has 1 heterocycles. The number of hydrogen-bond acceptors (Lipinski definition) is 2. The largest absolute Gasteiger partial charge is 0.301 e. The first kappa shape index (κ1) is 12.8. The van der Waals surface area contributed by atoms with Crippen molar-refractivity contribution in [2.45, 2.75) is 32.1 Å². The number of unbranched alkanes of at least 4 members (excludes halogenated alkanes) is 2. The predicted octanol–water partition coefficient (Wildman–Crippen LogP) is 2.58. The highest BCUT2D eigenvalue weighted by atomic mass is 79.9. The molecule has 2 fully saturated rings. The summed E-state index contributed by atoms with van der Waals surface area (Å²) in [6.45, 7) is 7.95. The summed E-state index contributed by atoms with van der Waals surface area (Å²) in [6.07, 6.45) is 7.09. The summed E-state index contributed by atoms with van der Waals surface area (Å²) in [6, 6.07) is 0. The highest BCUT2D eigenvalue weighted by Gasteiger charge is 2.26. The first-order valence-electron chi connectivity index (χ1n) is 6.89. The molecule has 16 heavy (non-hydrogen) atoms. The van der Waals surface area contributed by atoms with Crippen molar-refractivity contribution < 1.29 is 0 Å². The van der Waals surface area contributed by atoms with Crippen molar-refractivity contribution in [2.24, 2.45) is 5.92 Å². The maximum Gasteiger partial charge on any atom is 0.0110 e. The van der Waals surface area contributed by atoms with Gasteiger partial charge in [0.1, 0.15) is 0 Å². The van der Waals surface area contributed by atoms with Crippen molar-refractivity contribution in [3.05, 3.63) is 0 Å². The van der Waals surface area contributed by atoms with E-state index in [2.05, 4.69) is 25.7 Å². The highest BCUT2D eigenvalue weighted by Crippen LogP contribution is 2.29. The van der Waals surface area contributed by atoms with Crippen LogP contribution < -0.4 is 0 Å². The summed E-state index contributed by atoms with van der Waals surface area (Å²) < 4.78 is 0. The van der Waals surface area contributed by atoms with Gasteiger partial charge in [-0.05, 0) is 38.1 Å². The molecule has 3 heteroatoms. The van der Waals surface area contributed by atoms with Crippen molar-refractivity contribution in [3.63, 3.8) is 0 Å². The number of alkyl halides is 1. The number of piperazine rings is 1. The minimum atomic E-state index is 1.06. The quantitative estimate of drug-likeness (QED) is 0.525. The second-order valence-corrected chi connectivity index (χ2v) is 6.13. The van der Waals surface area contributed by atoms with E-state index in [0.29, 0.717) is 0 Å². The van der Waals surface area contributed by atoms with Crippen LogP contribution >= 0.6 is 15.9 Å². The van der Waals surface area contributed by atoms with E-state index < -0.39 is 0 Å². The summed E-state index contributed by atoms with van der Waals surface area (Å²) in [5, 5.41) is 1.17. The zero-order valence-corrected chi connectivity index (χ0v) is 11.9. The molecule has 0 aromatic rings. The normalized spacial score (nSPS) is 23.8. The second-order valence-electron chi connectivity index (χ2n) is 5.34. The molecule has 0 unspecified atom stereocenters. The standard InChI is InChI=1S/C13H25BrN2/c14-6-2-1-3-7-15-8-10-16(11-9-15)12-13-4-5-13/h13H,1-12H2. The molecule has 2 nitrogen and oxygen atoms in total. The van der Waals surface area contributed by atoms with Crippen LogP contribution in [0.2, 0.25) is 0 Å². The van der Waals surface area contributed by atoms with E-state index in [4.69, 9.17) is 0 Å². The monoisotopic (exact) mass is 288 g/mol. The third-order valence-corrected chi connectivity index (χ3v) is 4.35. The molecule has 2 rings (SSSR count). The molecule has 0 aromatic carbocycles. The van der Waals surface area contributed by atoms with E-state index in [1.165, 1.54) is 76.7 Å². The van der Waals surface area contributed by atoms with Crippen LogP contribution in [0, 0.1) is 5.92 Å². The van der Waals surface area contributed by atoms with Crippen molar-refractivity contribution in [1.82, 2.24) is 9.80 Å². The van der Waals surface area contributed by atoms with Gasteiger partial charge < -0.3 is 9.80 Å². The average Bonchev–Trinajstić information content (AvgIpc) is 3.11. The number of rotatable bonds is 7. The summed E-state index contributed by atoms with van der Waals surface area (Å²) >= 11 is 3.49. The van der Waals surface area contributed by atoms with Crippen molar-refractivity contribution in [2.75, 3.05) is 44.6 Å². The van der Waals surface area contributed by atoms with Gasteiger partial charge in [0.25, 0.3) is 0 Å². The van der Waals surface area contributed by atoms with E-state index in [1.54, 1.807) is 0 Å². The Morgan fingerprint density at radius 1 is 0.875 bits per heavy atom. The minimum absolute atomic E-state index is 1.06. The lowest BCUT2D eigenvalue weighted by Gasteiger charge is -2.34. The number of hydrogen-bond donors (Lipinski definition) is 0. The Bertz CT molecular complexity index is 186. The smallest absolute Gasteiger partial charge is 0.0110 e. The van der Waals surface area contributed by atoms with Gasteiger partial charge >= 0.3 is 0 Å². The molecule has 94 valence electrons. The molecule has 1 saturated heterocycles. The van der Waals surface area contributed by atoms with Crippen molar-refractivity contribution in [1.29, 1.82) is 0 Å². The Labute approximate surface area is 108 Å². The highest BCUT2D eigenvalue weighted by molar-refractivity contribution is 9.09. The Kier molecular flexibility index (Phi) is 5.60. The lowest BCUT2D eigenvalue weighted by molar-refractivity contribution is 0.127. The first-order valence-corrected chi connectivity index (χ1v) is 8.01. The zero-order valence-electron chi connectivity index (χ0n) is 10.3. The van der Waals surface area contributed by atoms with Crippen LogP contribution in [0.5, 0.6) is 0 Å². The Morgan fingerprint density at radius 2 is 1.56 bits per heavy atom. The molecular formula is C13H25BrN2. The van der Waals surface area contributed by atoms with Gasteiger partial charge in [0, 0.05) is 38.1 Å². The predicted molar refractivity (Wildman–Crippen MR) is 73.2 cm³/mol. The molecule has 0 bridgehead atoms. The van der Waals surface area contributed by atoms with Crippen LogP contribution in [0.4, 0.5) is 0 Å². The fourth-order valence-corrected chi connectivity index (χ4v) is 2.86. The van der Waals surface area contributed by atoms with Crippen LogP contribution in [0.15, 0.2) is 0 Å². The molecule has 1 saturated carbocycles. The maximum atomic E-state index is 3.49. The Hall–Kier alpha value is 0.400. The second kappa shape index (κ2) is 6.97. The number of nitrogens with zero attached hydrogens (tertiary/aromatic N) is 2. The molecule has 0 N–H and O–H groups in total. The summed E-state index contributed by atoms with van der Waals surface area (Å²) in [7, 11) is 0. The average molecular weight is 289 g/mol. The van der Waals surface area contributed by atoms with Gasteiger partial charge in [0.15, 0.2) is 0 Å². The fourth-order valence-electron chi connectivity index (χ4n) is 2.47. The lowest BCUT2D eigenvalue weighted by atomic mass is 10.2. The molecule has 1 aliphatic heterocycles. The van der Waals surface area contributed by atoms with E-state index in [9.17, 15) is 0 Å². The van der Waals surface area contributed by atoms with E-state index in [-0.39, 0.29) is 0 Å². The fraction of sp³-hybridized carbons (Fsp3) is 1.00. The third kappa shape index (κ3) is 4.72. The molecule has 1 aliphatic carbocycles. The van der Waals surface area contributed by atoms with Gasteiger partial charge in [-0.25, -0.2) is 0 Å². The van der Waals surface area contributed by atoms with Crippen molar-refractivity contribution >= 4 is 15.9 Å². The van der Waals surface area contributed by atoms with Gasteiger partial charge in [-0.15, -0.1) is 0 Å². The lowest BCUT2D eigenvalue weighted by Crippen LogP contribution is -2.47. The van der Waals surface area contributed by atoms with E-state index >= 15 is 0 Å². The molecular weight excluding hydrogens is 264 g/mol. The maximum absolute atomic E-state index is 3.49. The number of halogens is 1. The van der Waals surface area contributed by atoms with E-state index in [0.717, 1.165) is 5.92 Å². The summed E-state index contributed by atoms with van der Waals surface area (Å²) in [5.74, 6) is 1.06. The van der Waals surface area contributed by atoms with Gasteiger partial charge in [-0.2, -0.15) is 0 Å². The Morgan fingerprint density at radius 3 is 2.19 bits per heavy atom. The zero-order chi connectivity index (χ0) is 11.2. The topological polar surface area (TPSA) is 6.48 Å². The van der Waals surface area contributed by atoms with Crippen LogP contribution in [-0.4, -0.2) is 54.4 Å². The molecule has 0 spiro atoms. The molecule has 0 radical (unpaired) electrons. The van der Waals surface area contributed by atoms with Crippen LogP contribution in [0.3, 0.4) is 0 Å². The molecule has 0 aromatic heterocycles. The van der Waals surface area contributed by atoms with Crippen LogP contribution in [0.25, 0.3) is 0 Å². The molecule has 0 atom stereocenters. The molecule has 2 aliphatic rings. The van der Waals surface area contributed by atoms with Crippen LogP contribution in [0.1, 0.15) is 32.1 Å². The SMILES string of the molecule is BrCCCCCN1CCN(CC2CC2)CC1. The summed E-state index contributed by atoms with van der Waals surface area (Å²) in [5.41, 5.74) is 0. The van der Waals surface area contributed by atoms with Gasteiger partial charge in [-0.3, -0.25) is 0 Å². The summed E-state index contributed by atoms with van der Waals surface area (Å²) in [4.78, 5) is 5.32. The minimum Gasteiger partial charge on any atom is -0.301 e. The third-order valence-electron chi connectivity index (χ3n) is 3.79. The molecule has 0 amide bonds. The Balaban J connectivity index is 1.50. The van der Waals surface area contributed by atoms with Crippen LogP contribution in [-0.2, 0) is 0 Å².